The second-order valence-electron chi connectivity index (χ2n) is 7.02. The molecule has 0 spiro atoms. The summed E-state index contributed by atoms with van der Waals surface area (Å²) in [6, 6.07) is 0.634. The Hall–Kier alpha value is -2.05. The van der Waals surface area contributed by atoms with Crippen molar-refractivity contribution >= 4 is 11.9 Å². The highest BCUT2D eigenvalue weighted by atomic mass is 16.2. The summed E-state index contributed by atoms with van der Waals surface area (Å²) in [5.74, 6) is 1.41. The van der Waals surface area contributed by atoms with E-state index < -0.39 is 0 Å². The molecule has 1 aliphatic rings. The van der Waals surface area contributed by atoms with Gasteiger partial charge in [0.2, 0.25) is 5.91 Å². The third-order valence-corrected chi connectivity index (χ3v) is 4.41. The van der Waals surface area contributed by atoms with E-state index in [0.717, 1.165) is 25.5 Å². The van der Waals surface area contributed by atoms with Crippen molar-refractivity contribution in [1.29, 1.82) is 0 Å². The molecule has 1 saturated heterocycles. The molecule has 1 amide bonds. The van der Waals surface area contributed by atoms with Crippen LogP contribution >= 0.6 is 0 Å². The highest BCUT2D eigenvalue weighted by molar-refractivity contribution is 5.85. The Kier molecular flexibility index (Phi) is 6.23. The summed E-state index contributed by atoms with van der Waals surface area (Å²) in [4.78, 5) is 24.5. The first-order chi connectivity index (χ1) is 11.4. The van der Waals surface area contributed by atoms with Crippen LogP contribution in [0.5, 0.6) is 0 Å². The van der Waals surface area contributed by atoms with Gasteiger partial charge < -0.3 is 19.7 Å². The van der Waals surface area contributed by atoms with Crippen LogP contribution in [0.3, 0.4) is 0 Å². The van der Waals surface area contributed by atoms with Crippen molar-refractivity contribution in [3.05, 3.63) is 18.7 Å². The molecule has 2 unspecified atom stereocenters. The second kappa shape index (κ2) is 8.17. The summed E-state index contributed by atoms with van der Waals surface area (Å²) in [5.41, 5.74) is 0. The first-order valence-electron chi connectivity index (χ1n) is 8.62. The smallest absolute Gasteiger partial charge is 0.243 e. The quantitative estimate of drug-likeness (QED) is 0.664. The number of hydrogen-bond donors (Lipinski definition) is 1. The van der Waals surface area contributed by atoms with Gasteiger partial charge in [0, 0.05) is 45.6 Å². The number of guanidine groups is 1. The van der Waals surface area contributed by atoms with Gasteiger partial charge >= 0.3 is 0 Å². The lowest BCUT2D eigenvalue weighted by molar-refractivity contribution is -0.127. The van der Waals surface area contributed by atoms with Crippen LogP contribution in [0.4, 0.5) is 0 Å². The number of carbonyl (C=O) groups excluding carboxylic acids is 1. The lowest BCUT2D eigenvalue weighted by Crippen LogP contribution is -2.50. The lowest BCUT2D eigenvalue weighted by atomic mass is 9.93. The van der Waals surface area contributed by atoms with Crippen molar-refractivity contribution in [3.63, 3.8) is 0 Å². The molecule has 1 N–H and O–H groups in total. The van der Waals surface area contributed by atoms with E-state index in [4.69, 9.17) is 0 Å². The predicted octanol–water partition coefficient (Wildman–Crippen LogP) is 1.21. The molecule has 2 atom stereocenters. The Labute approximate surface area is 144 Å². The minimum absolute atomic E-state index is 0.00888. The average Bonchev–Trinajstić information content (AvgIpc) is 3.05. The number of aliphatic imine (C=N–C) groups is 1. The van der Waals surface area contributed by atoms with Crippen molar-refractivity contribution in [2.75, 3.05) is 33.7 Å². The molecule has 1 aliphatic heterocycles. The van der Waals surface area contributed by atoms with E-state index in [1.807, 2.05) is 18.7 Å². The molecule has 0 aliphatic carbocycles. The zero-order valence-corrected chi connectivity index (χ0v) is 15.4. The highest BCUT2D eigenvalue weighted by Crippen LogP contribution is 2.27. The van der Waals surface area contributed by atoms with Gasteiger partial charge in [0.15, 0.2) is 5.96 Å². The molecule has 7 heteroatoms. The zero-order chi connectivity index (χ0) is 17.7. The molecule has 2 heterocycles. The van der Waals surface area contributed by atoms with Crippen LogP contribution in [0.1, 0.15) is 33.2 Å². The molecule has 1 fully saturated rings. The van der Waals surface area contributed by atoms with Crippen molar-refractivity contribution in [3.8, 4) is 0 Å². The van der Waals surface area contributed by atoms with Gasteiger partial charge in [-0.1, -0.05) is 6.92 Å². The third-order valence-electron chi connectivity index (χ3n) is 4.41. The Morgan fingerprint density at radius 3 is 2.79 bits per heavy atom. The number of nitrogens with zero attached hydrogens (tertiary/aromatic N) is 5. The molecule has 0 bridgehead atoms. The van der Waals surface area contributed by atoms with Crippen molar-refractivity contribution in [2.24, 2.45) is 10.9 Å². The van der Waals surface area contributed by atoms with Gasteiger partial charge in [0.25, 0.3) is 0 Å². The number of likely N-dealkylation sites (N-methyl/N-ethyl adjacent to an activating group) is 1. The van der Waals surface area contributed by atoms with E-state index >= 15 is 0 Å². The summed E-state index contributed by atoms with van der Waals surface area (Å²) >= 11 is 0. The van der Waals surface area contributed by atoms with Crippen LogP contribution in [-0.2, 0) is 4.79 Å². The van der Waals surface area contributed by atoms with E-state index in [1.165, 1.54) is 0 Å². The molecule has 1 aromatic rings. The molecule has 0 aromatic carbocycles. The topological polar surface area (TPSA) is 65.8 Å². The second-order valence-corrected chi connectivity index (χ2v) is 7.02. The van der Waals surface area contributed by atoms with Crippen LogP contribution in [0.25, 0.3) is 0 Å². The van der Waals surface area contributed by atoms with Gasteiger partial charge in [0.1, 0.15) is 6.54 Å². The molecule has 2 rings (SSSR count). The molecule has 0 saturated carbocycles. The number of piperidine rings is 1. The average molecular weight is 334 g/mol. The van der Waals surface area contributed by atoms with Crippen molar-refractivity contribution < 1.29 is 4.79 Å². The number of aromatic nitrogens is 2. The summed E-state index contributed by atoms with van der Waals surface area (Å²) in [6.07, 6.45) is 6.81. The Bertz CT molecular complexity index is 551. The molecule has 24 heavy (non-hydrogen) atoms. The molecule has 7 nitrogen and oxygen atoms in total. The number of likely N-dealkylation sites (tertiary alicyclic amines) is 1. The van der Waals surface area contributed by atoms with Gasteiger partial charge in [-0.2, -0.15) is 0 Å². The fourth-order valence-electron chi connectivity index (χ4n) is 2.87. The minimum Gasteiger partial charge on any atom is -0.354 e. The van der Waals surface area contributed by atoms with Gasteiger partial charge in [-0.3, -0.25) is 4.79 Å². The van der Waals surface area contributed by atoms with Crippen LogP contribution in [0, 0.1) is 5.92 Å². The number of rotatable bonds is 4. The normalized spacial score (nSPS) is 21.9. The lowest BCUT2D eigenvalue weighted by Gasteiger charge is -2.39. The molecule has 0 radical (unpaired) electrons. The number of amides is 1. The maximum atomic E-state index is 11.9. The standard InChI is InChI=1S/C17H30N6O/c1-13(2)20-17(19-10-16(24)21(4)5)22-8-6-14(3)15(11-22)23-9-7-18-12-23/h7,9,12-15H,6,8,10-11H2,1-5H3,(H,19,20). The van der Waals surface area contributed by atoms with Gasteiger partial charge in [0.05, 0.1) is 12.4 Å². The maximum absolute atomic E-state index is 11.9. The van der Waals surface area contributed by atoms with E-state index in [0.29, 0.717) is 12.0 Å². The Morgan fingerprint density at radius 1 is 1.46 bits per heavy atom. The molecule has 134 valence electrons. The largest absolute Gasteiger partial charge is 0.354 e. The molecular formula is C17H30N6O. The maximum Gasteiger partial charge on any atom is 0.243 e. The van der Waals surface area contributed by atoms with Crippen molar-refractivity contribution in [1.82, 2.24) is 24.7 Å². The fourth-order valence-corrected chi connectivity index (χ4v) is 2.87. The minimum atomic E-state index is 0.00888. The first kappa shape index (κ1) is 18.3. The Balaban J connectivity index is 2.13. The summed E-state index contributed by atoms with van der Waals surface area (Å²) < 4.78 is 2.18. The monoisotopic (exact) mass is 334 g/mol. The third kappa shape index (κ3) is 4.72. The summed E-state index contributed by atoms with van der Waals surface area (Å²) in [6.45, 7) is 8.44. The summed E-state index contributed by atoms with van der Waals surface area (Å²) in [5, 5.41) is 3.40. The summed E-state index contributed by atoms with van der Waals surface area (Å²) in [7, 11) is 3.51. The first-order valence-corrected chi connectivity index (χ1v) is 8.62. The van der Waals surface area contributed by atoms with Crippen LogP contribution in [0.2, 0.25) is 0 Å². The predicted molar refractivity (Wildman–Crippen MR) is 95.9 cm³/mol. The zero-order valence-electron chi connectivity index (χ0n) is 15.4. The van der Waals surface area contributed by atoms with Crippen LogP contribution in [-0.4, -0.2) is 71.0 Å². The fraction of sp³-hybridized carbons (Fsp3) is 0.706. The van der Waals surface area contributed by atoms with E-state index in [2.05, 4.69) is 45.5 Å². The number of imidazole rings is 1. The number of carbonyl (C=O) groups is 1. The van der Waals surface area contributed by atoms with Crippen LogP contribution < -0.4 is 5.32 Å². The number of hydrogen-bond acceptors (Lipinski definition) is 3. The molecule has 1 aromatic heterocycles. The van der Waals surface area contributed by atoms with Crippen molar-refractivity contribution in [2.45, 2.75) is 39.3 Å². The van der Waals surface area contributed by atoms with E-state index in [-0.39, 0.29) is 18.5 Å². The SMILES string of the molecule is CC(C)NC(=NCC(=O)N(C)C)N1CCC(C)C(n2ccnc2)C1. The Morgan fingerprint density at radius 2 is 2.21 bits per heavy atom. The van der Waals surface area contributed by atoms with E-state index in [1.54, 1.807) is 19.0 Å². The van der Waals surface area contributed by atoms with E-state index in [9.17, 15) is 4.79 Å². The van der Waals surface area contributed by atoms with Crippen LogP contribution in [0.15, 0.2) is 23.7 Å². The number of nitrogens with one attached hydrogen (secondary N) is 1. The molecular weight excluding hydrogens is 304 g/mol. The highest BCUT2D eigenvalue weighted by Gasteiger charge is 2.29. The van der Waals surface area contributed by atoms with Gasteiger partial charge in [-0.05, 0) is 26.2 Å². The van der Waals surface area contributed by atoms with Gasteiger partial charge in [-0.15, -0.1) is 0 Å². The van der Waals surface area contributed by atoms with Gasteiger partial charge in [-0.25, -0.2) is 9.98 Å².